The Morgan fingerprint density at radius 1 is 0.786 bits per heavy atom. The van der Waals surface area contributed by atoms with E-state index in [1.54, 1.807) is 6.07 Å². The molecule has 154 valence electrons. The molecule has 2 N–H and O–H groups in total. The van der Waals surface area contributed by atoms with Crippen molar-refractivity contribution >= 4 is 11.9 Å². The number of nitrogens with zero attached hydrogens (tertiary/aromatic N) is 4. The zero-order chi connectivity index (χ0) is 21.1. The van der Waals surface area contributed by atoms with Crippen molar-refractivity contribution in [1.82, 2.24) is 19.9 Å². The van der Waals surface area contributed by atoms with Crippen LogP contribution in [-0.4, -0.2) is 32.0 Å². The SMILES string of the molecule is CC(C)C(C)Nc1nc(NC(C)C(C)C)nc(-c2cccc(C(C)(F)F)n2)n1. The molecule has 0 aliphatic rings. The Hall–Kier alpha value is -2.38. The number of hydrogen-bond acceptors (Lipinski definition) is 6. The summed E-state index contributed by atoms with van der Waals surface area (Å²) in [5.41, 5.74) is -0.0394. The van der Waals surface area contributed by atoms with Crippen molar-refractivity contribution in [3.05, 3.63) is 23.9 Å². The molecule has 2 unspecified atom stereocenters. The van der Waals surface area contributed by atoms with Gasteiger partial charge in [-0.1, -0.05) is 33.8 Å². The molecule has 0 amide bonds. The third kappa shape index (κ3) is 5.81. The van der Waals surface area contributed by atoms with E-state index in [1.807, 2.05) is 13.8 Å². The van der Waals surface area contributed by atoms with E-state index in [0.29, 0.717) is 23.7 Å². The number of rotatable bonds is 8. The van der Waals surface area contributed by atoms with Gasteiger partial charge in [0.1, 0.15) is 11.4 Å². The summed E-state index contributed by atoms with van der Waals surface area (Å²) in [6.07, 6.45) is 0. The van der Waals surface area contributed by atoms with Crippen molar-refractivity contribution in [2.75, 3.05) is 10.6 Å². The fourth-order valence-corrected chi connectivity index (χ4v) is 2.16. The van der Waals surface area contributed by atoms with Crippen LogP contribution >= 0.6 is 0 Å². The predicted octanol–water partition coefficient (Wildman–Crippen LogP) is 4.96. The lowest BCUT2D eigenvalue weighted by Gasteiger charge is -2.20. The zero-order valence-corrected chi connectivity index (χ0v) is 17.6. The minimum absolute atomic E-state index is 0.130. The van der Waals surface area contributed by atoms with Gasteiger partial charge in [-0.25, -0.2) is 4.98 Å². The Morgan fingerprint density at radius 3 is 1.71 bits per heavy atom. The van der Waals surface area contributed by atoms with Crippen molar-refractivity contribution in [2.45, 2.75) is 66.5 Å². The van der Waals surface area contributed by atoms with Gasteiger partial charge in [0.05, 0.1) is 0 Å². The zero-order valence-electron chi connectivity index (χ0n) is 17.6. The van der Waals surface area contributed by atoms with Gasteiger partial charge in [-0.15, -0.1) is 0 Å². The number of halogens is 2. The monoisotopic (exact) mass is 392 g/mol. The Morgan fingerprint density at radius 2 is 1.29 bits per heavy atom. The molecule has 2 rings (SSSR count). The molecule has 8 heteroatoms. The van der Waals surface area contributed by atoms with Gasteiger partial charge in [0.2, 0.25) is 11.9 Å². The number of aromatic nitrogens is 4. The molecule has 0 aliphatic carbocycles. The topological polar surface area (TPSA) is 75.6 Å². The number of pyridine rings is 1. The minimum atomic E-state index is -3.04. The second-order valence-electron chi connectivity index (χ2n) is 7.96. The summed E-state index contributed by atoms with van der Waals surface area (Å²) in [6.45, 7) is 13.3. The smallest absolute Gasteiger partial charge is 0.286 e. The number of hydrogen-bond donors (Lipinski definition) is 2. The van der Waals surface area contributed by atoms with Crippen LogP contribution in [0.15, 0.2) is 18.2 Å². The van der Waals surface area contributed by atoms with E-state index >= 15 is 0 Å². The maximum Gasteiger partial charge on any atom is 0.286 e. The second-order valence-corrected chi connectivity index (χ2v) is 7.96. The van der Waals surface area contributed by atoms with E-state index < -0.39 is 5.92 Å². The van der Waals surface area contributed by atoms with E-state index in [-0.39, 0.29) is 29.3 Å². The summed E-state index contributed by atoms with van der Waals surface area (Å²) in [7, 11) is 0. The molecule has 0 saturated heterocycles. The van der Waals surface area contributed by atoms with E-state index in [0.717, 1.165) is 6.92 Å². The molecule has 2 aromatic rings. The summed E-state index contributed by atoms with van der Waals surface area (Å²) in [4.78, 5) is 17.4. The fourth-order valence-electron chi connectivity index (χ4n) is 2.16. The van der Waals surface area contributed by atoms with Gasteiger partial charge in [-0.05, 0) is 37.8 Å². The maximum absolute atomic E-state index is 13.7. The van der Waals surface area contributed by atoms with Crippen LogP contribution in [0.3, 0.4) is 0 Å². The molecule has 0 spiro atoms. The number of anilines is 2. The van der Waals surface area contributed by atoms with Crippen LogP contribution in [0.4, 0.5) is 20.7 Å². The van der Waals surface area contributed by atoms with Crippen LogP contribution in [0.5, 0.6) is 0 Å². The van der Waals surface area contributed by atoms with Crippen LogP contribution in [0.25, 0.3) is 11.5 Å². The predicted molar refractivity (Wildman–Crippen MR) is 108 cm³/mol. The van der Waals surface area contributed by atoms with Crippen LogP contribution in [0.2, 0.25) is 0 Å². The van der Waals surface area contributed by atoms with Gasteiger partial charge in [0.25, 0.3) is 5.92 Å². The maximum atomic E-state index is 13.7. The molecule has 0 bridgehead atoms. The molecule has 0 radical (unpaired) electrons. The quantitative estimate of drug-likeness (QED) is 0.661. The Balaban J connectivity index is 2.47. The first-order valence-electron chi connectivity index (χ1n) is 9.62. The third-order valence-electron chi connectivity index (χ3n) is 4.78. The number of nitrogens with one attached hydrogen (secondary N) is 2. The molecule has 2 aromatic heterocycles. The van der Waals surface area contributed by atoms with Crippen LogP contribution in [0, 0.1) is 11.8 Å². The van der Waals surface area contributed by atoms with Gasteiger partial charge >= 0.3 is 0 Å². The lowest BCUT2D eigenvalue weighted by molar-refractivity contribution is 0.0129. The Kier molecular flexibility index (Phi) is 6.85. The second kappa shape index (κ2) is 8.75. The van der Waals surface area contributed by atoms with Crippen molar-refractivity contribution in [3.8, 4) is 11.5 Å². The van der Waals surface area contributed by atoms with Crippen molar-refractivity contribution in [1.29, 1.82) is 0 Å². The third-order valence-corrected chi connectivity index (χ3v) is 4.78. The fraction of sp³-hybridized carbons (Fsp3) is 0.600. The van der Waals surface area contributed by atoms with E-state index in [4.69, 9.17) is 0 Å². The Bertz CT molecular complexity index is 754. The van der Waals surface area contributed by atoms with Gasteiger partial charge in [-0.2, -0.15) is 23.7 Å². The first kappa shape index (κ1) is 21.9. The van der Waals surface area contributed by atoms with Crippen molar-refractivity contribution in [2.24, 2.45) is 11.8 Å². The minimum Gasteiger partial charge on any atom is -0.351 e. The average molecular weight is 392 g/mol. The van der Waals surface area contributed by atoms with Crippen LogP contribution in [0.1, 0.15) is 54.2 Å². The van der Waals surface area contributed by atoms with Gasteiger partial charge < -0.3 is 10.6 Å². The van der Waals surface area contributed by atoms with Crippen molar-refractivity contribution < 1.29 is 8.78 Å². The van der Waals surface area contributed by atoms with Crippen LogP contribution < -0.4 is 10.6 Å². The van der Waals surface area contributed by atoms with Gasteiger partial charge in [-0.3, -0.25) is 0 Å². The van der Waals surface area contributed by atoms with E-state index in [2.05, 4.69) is 58.3 Å². The standard InChI is InChI=1S/C20H30F2N6/c1-11(2)13(5)23-18-26-17(27-19(28-18)24-14(6)12(3)4)15-9-8-10-16(25-15)20(7,21)22/h8-14H,1-7H3,(H2,23,24,26,27,28). The summed E-state index contributed by atoms with van der Waals surface area (Å²) in [5, 5.41) is 6.52. The van der Waals surface area contributed by atoms with Gasteiger partial charge in [0.15, 0.2) is 5.82 Å². The molecule has 28 heavy (non-hydrogen) atoms. The highest BCUT2D eigenvalue weighted by Gasteiger charge is 2.27. The summed E-state index contributed by atoms with van der Waals surface area (Å²) in [5.74, 6) is -1.28. The lowest BCUT2D eigenvalue weighted by atomic mass is 10.1. The summed E-state index contributed by atoms with van der Waals surface area (Å²) < 4.78 is 27.4. The molecule has 0 aromatic carbocycles. The highest BCUT2D eigenvalue weighted by Crippen LogP contribution is 2.27. The summed E-state index contributed by atoms with van der Waals surface area (Å²) in [6, 6.07) is 4.71. The molecular weight excluding hydrogens is 362 g/mol. The van der Waals surface area contributed by atoms with E-state index in [9.17, 15) is 8.78 Å². The Labute approximate surface area is 165 Å². The molecule has 0 saturated carbocycles. The average Bonchev–Trinajstić information content (AvgIpc) is 2.60. The first-order valence-corrected chi connectivity index (χ1v) is 9.62. The molecular formula is C20H30F2N6. The lowest BCUT2D eigenvalue weighted by Crippen LogP contribution is -2.26. The number of alkyl halides is 2. The first-order chi connectivity index (χ1) is 13.0. The molecule has 2 atom stereocenters. The van der Waals surface area contributed by atoms with E-state index in [1.165, 1.54) is 12.1 Å². The molecule has 0 fully saturated rings. The van der Waals surface area contributed by atoms with Crippen LogP contribution in [-0.2, 0) is 5.92 Å². The molecule has 0 aliphatic heterocycles. The normalized spacial score (nSPS) is 14.2. The molecule has 6 nitrogen and oxygen atoms in total. The largest absolute Gasteiger partial charge is 0.351 e. The highest BCUT2D eigenvalue weighted by atomic mass is 19.3. The highest BCUT2D eigenvalue weighted by molar-refractivity contribution is 5.54. The molecule has 2 heterocycles. The summed E-state index contributed by atoms with van der Waals surface area (Å²) >= 11 is 0. The van der Waals surface area contributed by atoms with Crippen molar-refractivity contribution in [3.63, 3.8) is 0 Å². The van der Waals surface area contributed by atoms with Gasteiger partial charge in [0, 0.05) is 19.0 Å².